The smallest absolute Gasteiger partial charge is 0.264 e. The van der Waals surface area contributed by atoms with Gasteiger partial charge in [-0.3, -0.25) is 4.79 Å². The number of thioether (sulfide) groups is 1. The number of carbonyl (C=O) groups excluding carboxylic acids is 1. The zero-order chi connectivity index (χ0) is 23.9. The van der Waals surface area contributed by atoms with Gasteiger partial charge in [0.1, 0.15) is 6.61 Å². The van der Waals surface area contributed by atoms with Crippen LogP contribution in [-0.4, -0.2) is 17.7 Å². The minimum Gasteiger partial charge on any atom is -0.490 e. The molecule has 3 aromatic carbocycles. The van der Waals surface area contributed by atoms with E-state index in [2.05, 4.69) is 48.4 Å². The summed E-state index contributed by atoms with van der Waals surface area (Å²) >= 11 is 1.33. The van der Waals surface area contributed by atoms with Crippen LogP contribution in [0.3, 0.4) is 0 Å². The fraction of sp³-hybridized carbons (Fsp3) is 0.214. The van der Waals surface area contributed by atoms with Gasteiger partial charge in [0.2, 0.25) is 0 Å². The van der Waals surface area contributed by atoms with E-state index < -0.39 is 0 Å². The molecule has 0 aliphatic carbocycles. The Morgan fingerprint density at radius 2 is 1.76 bits per heavy atom. The molecule has 1 saturated heterocycles. The summed E-state index contributed by atoms with van der Waals surface area (Å²) in [6, 6.07) is 22.0. The minimum atomic E-state index is -0.160. The molecule has 6 heteroatoms. The highest BCUT2D eigenvalue weighted by atomic mass is 32.2. The van der Waals surface area contributed by atoms with Gasteiger partial charge in [0, 0.05) is 0 Å². The van der Waals surface area contributed by atoms with Gasteiger partial charge in [0.05, 0.1) is 17.2 Å². The maximum absolute atomic E-state index is 12.5. The topological polar surface area (TPSA) is 59.9 Å². The lowest BCUT2D eigenvalue weighted by atomic mass is 10.1. The predicted octanol–water partition coefficient (Wildman–Crippen LogP) is 6.43. The van der Waals surface area contributed by atoms with Crippen LogP contribution in [0, 0.1) is 6.92 Å². The van der Waals surface area contributed by atoms with Gasteiger partial charge >= 0.3 is 0 Å². The van der Waals surface area contributed by atoms with Crippen LogP contribution >= 0.6 is 11.8 Å². The Bertz CT molecular complexity index is 1230. The van der Waals surface area contributed by atoms with Crippen LogP contribution in [0.2, 0.25) is 0 Å². The molecule has 0 atom stereocenters. The summed E-state index contributed by atoms with van der Waals surface area (Å²) < 4.78 is 11.8. The highest BCUT2D eigenvalue weighted by molar-refractivity contribution is 8.18. The van der Waals surface area contributed by atoms with Crippen molar-refractivity contribution in [2.75, 3.05) is 6.61 Å². The minimum absolute atomic E-state index is 0.160. The van der Waals surface area contributed by atoms with Gasteiger partial charge < -0.3 is 14.8 Å². The molecule has 3 aromatic rings. The maximum Gasteiger partial charge on any atom is 0.264 e. The third-order valence-corrected chi connectivity index (χ3v) is 6.18. The number of hydrogen-bond acceptors (Lipinski definition) is 5. The van der Waals surface area contributed by atoms with E-state index in [0.29, 0.717) is 34.8 Å². The van der Waals surface area contributed by atoms with E-state index >= 15 is 0 Å². The lowest BCUT2D eigenvalue weighted by Crippen LogP contribution is -2.19. The van der Waals surface area contributed by atoms with E-state index in [1.165, 1.54) is 22.9 Å². The van der Waals surface area contributed by atoms with Gasteiger partial charge in [-0.2, -0.15) is 0 Å². The molecule has 34 heavy (non-hydrogen) atoms. The maximum atomic E-state index is 12.5. The lowest BCUT2D eigenvalue weighted by Gasteiger charge is -2.13. The number of benzene rings is 3. The average Bonchev–Trinajstić information content (AvgIpc) is 3.17. The molecular formula is C28H28N2O3S. The molecule has 1 aliphatic rings. The summed E-state index contributed by atoms with van der Waals surface area (Å²) in [7, 11) is 0. The second kappa shape index (κ2) is 11.1. The van der Waals surface area contributed by atoms with E-state index in [4.69, 9.17) is 9.47 Å². The number of aryl methyl sites for hydroxylation is 2. The predicted molar refractivity (Wildman–Crippen MR) is 140 cm³/mol. The number of carbonyl (C=O) groups is 1. The van der Waals surface area contributed by atoms with Crippen LogP contribution in [0.4, 0.5) is 5.69 Å². The molecule has 1 fully saturated rings. The highest BCUT2D eigenvalue weighted by Crippen LogP contribution is 2.33. The molecule has 1 N–H and O–H groups in total. The Morgan fingerprint density at radius 1 is 0.941 bits per heavy atom. The molecule has 1 amide bonds. The first-order valence-corrected chi connectivity index (χ1v) is 12.2. The quantitative estimate of drug-likeness (QED) is 0.384. The Balaban J connectivity index is 1.49. The monoisotopic (exact) mass is 472 g/mol. The largest absolute Gasteiger partial charge is 0.490 e. The number of nitrogens with zero attached hydrogens (tertiary/aromatic N) is 1. The summed E-state index contributed by atoms with van der Waals surface area (Å²) in [5.74, 6) is 1.16. The molecule has 0 radical (unpaired) electrons. The molecule has 5 nitrogen and oxygen atoms in total. The zero-order valence-corrected chi connectivity index (χ0v) is 20.4. The van der Waals surface area contributed by atoms with Crippen LogP contribution in [0.1, 0.15) is 36.1 Å². The van der Waals surface area contributed by atoms with Gasteiger partial charge in [-0.25, -0.2) is 4.99 Å². The standard InChI is InChI=1S/C28H28N2O3S/c1-4-20-9-12-23(13-10-20)29-28-30-27(31)26(34-28)17-21-11-14-24(25(16-21)32-5-2)33-18-22-8-6-7-19(3)15-22/h6-17H,4-5,18H2,1-3H3,(H,29,30,31)/b26-17-. The number of amidine groups is 1. The fourth-order valence-electron chi connectivity index (χ4n) is 3.52. The molecular weight excluding hydrogens is 444 g/mol. The molecule has 0 aromatic heterocycles. The number of ether oxygens (including phenoxy) is 2. The second-order valence-electron chi connectivity index (χ2n) is 7.92. The van der Waals surface area contributed by atoms with E-state index in [1.807, 2.05) is 55.5 Å². The zero-order valence-electron chi connectivity index (χ0n) is 19.6. The number of nitrogens with one attached hydrogen (secondary N) is 1. The third kappa shape index (κ3) is 6.08. The third-order valence-electron chi connectivity index (χ3n) is 5.27. The second-order valence-corrected chi connectivity index (χ2v) is 8.95. The van der Waals surface area contributed by atoms with Gasteiger partial charge in [0.15, 0.2) is 16.7 Å². The Labute approximate surface area is 204 Å². The number of amides is 1. The summed E-state index contributed by atoms with van der Waals surface area (Å²) in [6.07, 6.45) is 2.82. The van der Waals surface area contributed by atoms with Crippen molar-refractivity contribution in [1.29, 1.82) is 0 Å². The van der Waals surface area contributed by atoms with Crippen molar-refractivity contribution in [1.82, 2.24) is 5.32 Å². The number of aliphatic imine (C=N–C) groups is 1. The molecule has 0 unspecified atom stereocenters. The molecule has 0 saturated carbocycles. The molecule has 0 bridgehead atoms. The van der Waals surface area contributed by atoms with Gasteiger partial charge in [-0.15, -0.1) is 0 Å². The first kappa shape index (κ1) is 23.6. The van der Waals surface area contributed by atoms with Gasteiger partial charge in [0.25, 0.3) is 5.91 Å². The molecule has 1 aliphatic heterocycles. The SMILES string of the molecule is CCOc1cc(/C=C2\SC(=Nc3ccc(CC)cc3)NC2=O)ccc1OCc1cccc(C)c1. The van der Waals surface area contributed by atoms with Crippen molar-refractivity contribution in [2.45, 2.75) is 33.8 Å². The normalized spacial score (nSPS) is 15.6. The van der Waals surface area contributed by atoms with Crippen LogP contribution in [0.5, 0.6) is 11.5 Å². The van der Waals surface area contributed by atoms with Crippen molar-refractivity contribution < 1.29 is 14.3 Å². The first-order chi connectivity index (χ1) is 16.5. The van der Waals surface area contributed by atoms with Crippen LogP contribution in [0.15, 0.2) is 76.6 Å². The van der Waals surface area contributed by atoms with Gasteiger partial charge in [-0.1, -0.05) is 55.0 Å². The van der Waals surface area contributed by atoms with E-state index in [9.17, 15) is 4.79 Å². The van der Waals surface area contributed by atoms with Crippen molar-refractivity contribution >= 4 is 34.6 Å². The molecule has 4 rings (SSSR count). The fourth-order valence-corrected chi connectivity index (χ4v) is 4.36. The molecule has 174 valence electrons. The number of rotatable bonds is 8. The van der Waals surface area contributed by atoms with E-state index in [1.54, 1.807) is 0 Å². The van der Waals surface area contributed by atoms with Crippen molar-refractivity contribution in [2.24, 2.45) is 4.99 Å². The Kier molecular flexibility index (Phi) is 7.70. The van der Waals surface area contributed by atoms with Crippen molar-refractivity contribution in [3.05, 3.63) is 93.9 Å². The Morgan fingerprint density at radius 3 is 2.50 bits per heavy atom. The first-order valence-electron chi connectivity index (χ1n) is 11.4. The van der Waals surface area contributed by atoms with Crippen molar-refractivity contribution in [3.63, 3.8) is 0 Å². The van der Waals surface area contributed by atoms with Crippen LogP contribution in [0.25, 0.3) is 6.08 Å². The molecule has 0 spiro atoms. The molecule has 1 heterocycles. The van der Waals surface area contributed by atoms with Crippen molar-refractivity contribution in [3.8, 4) is 11.5 Å². The summed E-state index contributed by atoms with van der Waals surface area (Å²) in [6.45, 7) is 7.09. The van der Waals surface area contributed by atoms with E-state index in [0.717, 1.165) is 23.2 Å². The highest BCUT2D eigenvalue weighted by Gasteiger charge is 2.24. The Hall–Kier alpha value is -3.51. The van der Waals surface area contributed by atoms with E-state index in [-0.39, 0.29) is 5.91 Å². The van der Waals surface area contributed by atoms with Crippen LogP contribution < -0.4 is 14.8 Å². The summed E-state index contributed by atoms with van der Waals surface area (Å²) in [4.78, 5) is 17.6. The average molecular weight is 473 g/mol. The van der Waals surface area contributed by atoms with Crippen LogP contribution in [-0.2, 0) is 17.8 Å². The summed E-state index contributed by atoms with van der Waals surface area (Å²) in [5.41, 5.74) is 5.22. The lowest BCUT2D eigenvalue weighted by molar-refractivity contribution is -0.115. The number of hydrogen-bond donors (Lipinski definition) is 1. The van der Waals surface area contributed by atoms with Gasteiger partial charge in [-0.05, 0) is 79.1 Å². The summed E-state index contributed by atoms with van der Waals surface area (Å²) in [5, 5.41) is 3.42.